The number of esters is 1. The van der Waals surface area contributed by atoms with E-state index in [2.05, 4.69) is 4.99 Å². The molecule has 0 spiro atoms. The van der Waals surface area contributed by atoms with Crippen molar-refractivity contribution in [2.45, 2.75) is 33.7 Å². The minimum absolute atomic E-state index is 0.204. The lowest BCUT2D eigenvalue weighted by molar-refractivity contribution is -0.139. The fraction of sp³-hybridized carbons (Fsp3) is 0.269. The zero-order valence-corrected chi connectivity index (χ0v) is 19.9. The summed E-state index contributed by atoms with van der Waals surface area (Å²) in [6.45, 7) is 8.15. The van der Waals surface area contributed by atoms with Crippen LogP contribution in [0.3, 0.4) is 0 Å². The Bertz CT molecular complexity index is 1400. The van der Waals surface area contributed by atoms with Gasteiger partial charge in [0.2, 0.25) is 0 Å². The van der Waals surface area contributed by atoms with Crippen molar-refractivity contribution in [3.63, 3.8) is 0 Å². The molecule has 0 bridgehead atoms. The van der Waals surface area contributed by atoms with Crippen molar-refractivity contribution in [3.8, 4) is 5.75 Å². The van der Waals surface area contributed by atoms with Crippen molar-refractivity contribution >= 4 is 23.4 Å². The first-order valence-electron chi connectivity index (χ1n) is 10.9. The summed E-state index contributed by atoms with van der Waals surface area (Å²) in [5, 5.41) is 0. The number of para-hydroxylation sites is 1. The highest BCUT2D eigenvalue weighted by Crippen LogP contribution is 2.35. The number of aromatic nitrogens is 1. The van der Waals surface area contributed by atoms with Gasteiger partial charge in [-0.25, -0.2) is 9.79 Å². The number of nitrogens with zero attached hydrogens (tertiary/aromatic N) is 2. The number of benzene rings is 2. The number of ether oxygens (including phenoxy) is 2. The van der Waals surface area contributed by atoms with Crippen molar-refractivity contribution in [1.82, 2.24) is 4.57 Å². The molecular formula is C26H26N2O4S. The van der Waals surface area contributed by atoms with E-state index in [1.165, 1.54) is 11.3 Å². The molecular weight excluding hydrogens is 436 g/mol. The second-order valence-corrected chi connectivity index (χ2v) is 8.69. The van der Waals surface area contributed by atoms with Gasteiger partial charge >= 0.3 is 5.97 Å². The molecule has 2 aromatic carbocycles. The largest absolute Gasteiger partial charge is 0.494 e. The maximum absolute atomic E-state index is 13.6. The quantitative estimate of drug-likeness (QED) is 0.526. The predicted molar refractivity (Wildman–Crippen MR) is 129 cm³/mol. The SMILES string of the molecule is CCOC(=O)C1=C(C)N=c2s/c(=C\c3ccc(C)cc3)c(=O)n2[C@@H]1c1ccccc1OCC. The number of allylic oxidation sites excluding steroid dienone is 1. The number of fused-ring (bicyclic) bond motifs is 1. The van der Waals surface area contributed by atoms with E-state index in [1.807, 2.05) is 68.5 Å². The van der Waals surface area contributed by atoms with Crippen LogP contribution in [0, 0.1) is 6.92 Å². The number of carbonyl (C=O) groups is 1. The van der Waals surface area contributed by atoms with Gasteiger partial charge in [-0.15, -0.1) is 0 Å². The van der Waals surface area contributed by atoms with Gasteiger partial charge in [0.05, 0.1) is 29.0 Å². The van der Waals surface area contributed by atoms with Gasteiger partial charge in [-0.1, -0.05) is 59.4 Å². The Morgan fingerprint density at radius 3 is 2.52 bits per heavy atom. The Labute approximate surface area is 196 Å². The Balaban J connectivity index is 1.98. The van der Waals surface area contributed by atoms with Gasteiger partial charge in [-0.2, -0.15) is 0 Å². The van der Waals surface area contributed by atoms with Gasteiger partial charge in [-0.3, -0.25) is 9.36 Å². The fourth-order valence-electron chi connectivity index (χ4n) is 3.89. The van der Waals surface area contributed by atoms with Crippen LogP contribution in [0.25, 0.3) is 6.08 Å². The number of carbonyl (C=O) groups excluding carboxylic acids is 1. The first kappa shape index (κ1) is 22.7. The number of rotatable bonds is 6. The minimum atomic E-state index is -0.691. The maximum Gasteiger partial charge on any atom is 0.338 e. The third-order valence-electron chi connectivity index (χ3n) is 5.41. The standard InChI is InChI=1S/C26H26N2O4S/c1-5-31-20-10-8-7-9-19(20)23-22(25(30)32-6-2)17(4)27-26-28(23)24(29)21(33-26)15-18-13-11-16(3)12-14-18/h7-15,23H,5-6H2,1-4H3/b21-15-/t23-/m1/s1. The monoisotopic (exact) mass is 462 g/mol. The van der Waals surface area contributed by atoms with E-state index in [1.54, 1.807) is 18.4 Å². The van der Waals surface area contributed by atoms with E-state index in [-0.39, 0.29) is 12.2 Å². The Kier molecular flexibility index (Phi) is 6.60. The second kappa shape index (κ2) is 9.58. The summed E-state index contributed by atoms with van der Waals surface area (Å²) in [5.41, 5.74) is 3.48. The lowest BCUT2D eigenvalue weighted by Gasteiger charge is -2.26. The molecule has 1 aromatic heterocycles. The smallest absolute Gasteiger partial charge is 0.338 e. The molecule has 3 aromatic rings. The first-order chi connectivity index (χ1) is 15.9. The van der Waals surface area contributed by atoms with Crippen LogP contribution in [0.15, 0.2) is 69.6 Å². The van der Waals surface area contributed by atoms with Crippen LogP contribution in [0.1, 0.15) is 43.5 Å². The summed E-state index contributed by atoms with van der Waals surface area (Å²) in [6, 6.07) is 14.7. The summed E-state index contributed by atoms with van der Waals surface area (Å²) in [4.78, 5) is 31.8. The Morgan fingerprint density at radius 2 is 1.82 bits per heavy atom. The van der Waals surface area contributed by atoms with E-state index in [9.17, 15) is 9.59 Å². The molecule has 1 aliphatic rings. The summed E-state index contributed by atoms with van der Waals surface area (Å²) >= 11 is 1.31. The third kappa shape index (κ3) is 4.41. The Morgan fingerprint density at radius 1 is 1.09 bits per heavy atom. The zero-order valence-electron chi connectivity index (χ0n) is 19.1. The van der Waals surface area contributed by atoms with E-state index in [0.29, 0.717) is 33.0 Å². The average molecular weight is 463 g/mol. The van der Waals surface area contributed by atoms with Gasteiger partial charge in [0, 0.05) is 5.56 Å². The molecule has 0 N–H and O–H groups in total. The molecule has 0 unspecified atom stereocenters. The number of aryl methyl sites for hydroxylation is 1. The molecule has 1 aliphatic heterocycles. The highest BCUT2D eigenvalue weighted by atomic mass is 32.1. The predicted octanol–water partition coefficient (Wildman–Crippen LogP) is 3.51. The fourth-order valence-corrected chi connectivity index (χ4v) is 4.94. The average Bonchev–Trinajstić information content (AvgIpc) is 3.10. The van der Waals surface area contributed by atoms with Crippen LogP contribution in [0.2, 0.25) is 0 Å². The summed E-state index contributed by atoms with van der Waals surface area (Å²) < 4.78 is 13.3. The van der Waals surface area contributed by atoms with Gasteiger partial charge in [0.15, 0.2) is 4.80 Å². The lowest BCUT2D eigenvalue weighted by atomic mass is 9.95. The summed E-state index contributed by atoms with van der Waals surface area (Å²) in [5.74, 6) is 0.137. The van der Waals surface area contributed by atoms with Crippen LogP contribution < -0.4 is 19.6 Å². The van der Waals surface area contributed by atoms with Gasteiger partial charge in [0.1, 0.15) is 11.8 Å². The van der Waals surface area contributed by atoms with E-state index < -0.39 is 12.0 Å². The molecule has 4 rings (SSSR count). The normalized spacial score (nSPS) is 15.8. The molecule has 1 atom stereocenters. The van der Waals surface area contributed by atoms with Gasteiger partial charge in [-0.05, 0) is 45.4 Å². The van der Waals surface area contributed by atoms with Crippen LogP contribution in [0.5, 0.6) is 5.75 Å². The molecule has 0 saturated carbocycles. The second-order valence-electron chi connectivity index (χ2n) is 7.68. The molecule has 0 radical (unpaired) electrons. The van der Waals surface area contributed by atoms with Crippen LogP contribution in [-0.2, 0) is 9.53 Å². The van der Waals surface area contributed by atoms with Crippen LogP contribution in [-0.4, -0.2) is 23.8 Å². The molecule has 33 heavy (non-hydrogen) atoms. The van der Waals surface area contributed by atoms with Crippen molar-refractivity contribution in [1.29, 1.82) is 0 Å². The molecule has 2 heterocycles. The molecule has 7 heteroatoms. The zero-order chi connectivity index (χ0) is 23.5. The van der Waals surface area contributed by atoms with Gasteiger partial charge in [0.25, 0.3) is 5.56 Å². The van der Waals surface area contributed by atoms with E-state index in [4.69, 9.17) is 9.47 Å². The maximum atomic E-state index is 13.6. The summed E-state index contributed by atoms with van der Waals surface area (Å²) in [6.07, 6.45) is 1.86. The Hall–Kier alpha value is -3.45. The number of thiazole rings is 1. The van der Waals surface area contributed by atoms with Crippen LogP contribution in [0.4, 0.5) is 0 Å². The molecule has 0 saturated heterocycles. The lowest BCUT2D eigenvalue weighted by Crippen LogP contribution is -2.40. The highest BCUT2D eigenvalue weighted by Gasteiger charge is 2.34. The van der Waals surface area contributed by atoms with Crippen molar-refractivity contribution in [3.05, 3.63) is 96.2 Å². The highest BCUT2D eigenvalue weighted by molar-refractivity contribution is 7.07. The van der Waals surface area contributed by atoms with E-state index in [0.717, 1.165) is 16.7 Å². The topological polar surface area (TPSA) is 69.9 Å². The number of hydrogen-bond acceptors (Lipinski definition) is 6. The van der Waals surface area contributed by atoms with Crippen molar-refractivity contribution < 1.29 is 14.3 Å². The minimum Gasteiger partial charge on any atom is -0.494 e. The number of hydrogen-bond donors (Lipinski definition) is 0. The van der Waals surface area contributed by atoms with Crippen LogP contribution >= 0.6 is 11.3 Å². The summed E-state index contributed by atoms with van der Waals surface area (Å²) in [7, 11) is 0. The molecule has 0 fully saturated rings. The van der Waals surface area contributed by atoms with E-state index >= 15 is 0 Å². The van der Waals surface area contributed by atoms with Crippen molar-refractivity contribution in [2.75, 3.05) is 13.2 Å². The molecule has 0 amide bonds. The first-order valence-corrected chi connectivity index (χ1v) is 11.7. The molecule has 6 nitrogen and oxygen atoms in total. The molecule has 170 valence electrons. The molecule has 0 aliphatic carbocycles. The third-order valence-corrected chi connectivity index (χ3v) is 6.39. The van der Waals surface area contributed by atoms with Gasteiger partial charge < -0.3 is 9.47 Å². The van der Waals surface area contributed by atoms with Crippen molar-refractivity contribution in [2.24, 2.45) is 4.99 Å².